The van der Waals surface area contributed by atoms with E-state index in [4.69, 9.17) is 37.4 Å². The summed E-state index contributed by atoms with van der Waals surface area (Å²) in [4.78, 5) is 36.6. The third kappa shape index (κ3) is 7.96. The van der Waals surface area contributed by atoms with Gasteiger partial charge in [0.1, 0.15) is 5.75 Å². The molecule has 3 aromatic carbocycles. The number of hydrazone groups is 1. The van der Waals surface area contributed by atoms with Crippen molar-refractivity contribution in [1.82, 2.24) is 10.7 Å². The fourth-order valence-electron chi connectivity index (χ4n) is 2.98. The molecule has 192 valence electrons. The second-order valence-electron chi connectivity index (χ2n) is 7.36. The maximum absolute atomic E-state index is 12.5. The van der Waals surface area contributed by atoms with Crippen molar-refractivity contribution in [2.24, 2.45) is 5.10 Å². The van der Waals surface area contributed by atoms with Crippen molar-refractivity contribution >= 4 is 47.2 Å². The van der Waals surface area contributed by atoms with E-state index < -0.39 is 17.8 Å². The van der Waals surface area contributed by atoms with Gasteiger partial charge >= 0.3 is 5.97 Å². The fraction of sp³-hybridized carbons (Fsp3) is 0.154. The number of nitrogens with zero attached hydrogens (tertiary/aromatic N) is 1. The Balaban J connectivity index is 1.53. The van der Waals surface area contributed by atoms with E-state index in [9.17, 15) is 14.4 Å². The number of esters is 1. The first-order chi connectivity index (χ1) is 17.8. The maximum Gasteiger partial charge on any atom is 0.343 e. The first-order valence-corrected chi connectivity index (χ1v) is 11.7. The van der Waals surface area contributed by atoms with Crippen LogP contribution in [0.25, 0.3) is 0 Å². The normalized spacial score (nSPS) is 10.6. The van der Waals surface area contributed by atoms with Gasteiger partial charge in [-0.3, -0.25) is 9.59 Å². The average Bonchev–Trinajstić information content (AvgIpc) is 2.90. The van der Waals surface area contributed by atoms with Crippen molar-refractivity contribution in [3.8, 4) is 17.2 Å². The van der Waals surface area contributed by atoms with Crippen LogP contribution in [0.2, 0.25) is 10.0 Å². The van der Waals surface area contributed by atoms with Crippen LogP contribution < -0.4 is 25.0 Å². The molecule has 0 aliphatic carbocycles. The highest BCUT2D eigenvalue weighted by molar-refractivity contribution is 6.42. The summed E-state index contributed by atoms with van der Waals surface area (Å²) in [5, 5.41) is 6.88. The number of halogens is 2. The molecule has 2 N–H and O–H groups in total. The van der Waals surface area contributed by atoms with Gasteiger partial charge in [0.2, 0.25) is 0 Å². The number of hydrogen-bond donors (Lipinski definition) is 2. The van der Waals surface area contributed by atoms with Crippen LogP contribution in [0.15, 0.2) is 65.8 Å². The summed E-state index contributed by atoms with van der Waals surface area (Å²) >= 11 is 11.7. The van der Waals surface area contributed by atoms with E-state index in [1.807, 2.05) is 6.92 Å². The molecule has 9 nitrogen and oxygen atoms in total. The van der Waals surface area contributed by atoms with Crippen molar-refractivity contribution in [3.05, 3.63) is 87.4 Å². The summed E-state index contributed by atoms with van der Waals surface area (Å²) in [6, 6.07) is 15.7. The third-order valence-electron chi connectivity index (χ3n) is 4.79. The number of amides is 2. The van der Waals surface area contributed by atoms with E-state index in [1.54, 1.807) is 42.5 Å². The highest BCUT2D eigenvalue weighted by Gasteiger charge is 2.13. The van der Waals surface area contributed by atoms with Gasteiger partial charge in [-0.2, -0.15) is 5.10 Å². The number of rotatable bonds is 10. The number of methoxy groups -OCH3 is 1. The standard InChI is InChI=1S/C26H23Cl2N3O6/c1-3-36-19-8-5-17(6-9-19)26(34)37-22-11-4-16(12-23(22)35-2)14-30-31-24(32)15-29-25(33)18-7-10-20(27)21(28)13-18/h4-14H,3,15H2,1-2H3,(H,29,33)(H,31,32)/b30-14+. The van der Waals surface area contributed by atoms with Crippen molar-refractivity contribution in [2.75, 3.05) is 20.3 Å². The Labute approximate surface area is 223 Å². The second-order valence-corrected chi connectivity index (χ2v) is 8.18. The monoisotopic (exact) mass is 543 g/mol. The lowest BCUT2D eigenvalue weighted by molar-refractivity contribution is -0.120. The van der Waals surface area contributed by atoms with Crippen LogP contribution in [0.5, 0.6) is 17.2 Å². The second kappa shape index (κ2) is 13.3. The zero-order valence-electron chi connectivity index (χ0n) is 19.9. The molecule has 11 heteroatoms. The van der Waals surface area contributed by atoms with E-state index in [2.05, 4.69) is 15.8 Å². The number of hydrogen-bond acceptors (Lipinski definition) is 7. The van der Waals surface area contributed by atoms with Crippen molar-refractivity contribution in [1.29, 1.82) is 0 Å². The van der Waals surface area contributed by atoms with Gasteiger partial charge in [-0.1, -0.05) is 23.2 Å². The molecule has 0 radical (unpaired) electrons. The summed E-state index contributed by atoms with van der Waals surface area (Å²) in [5.41, 5.74) is 3.49. The van der Waals surface area contributed by atoms with E-state index in [1.165, 1.54) is 31.5 Å². The molecule has 0 spiro atoms. The van der Waals surface area contributed by atoms with Crippen LogP contribution in [-0.4, -0.2) is 44.3 Å². The van der Waals surface area contributed by atoms with Crippen LogP contribution in [0.4, 0.5) is 0 Å². The van der Waals surface area contributed by atoms with Gasteiger partial charge in [0.25, 0.3) is 11.8 Å². The SMILES string of the molecule is CCOc1ccc(C(=O)Oc2ccc(/C=N/NC(=O)CNC(=O)c3ccc(Cl)c(Cl)c3)cc2OC)cc1. The van der Waals surface area contributed by atoms with E-state index in [0.29, 0.717) is 34.3 Å². The van der Waals surface area contributed by atoms with Crippen molar-refractivity contribution < 1.29 is 28.6 Å². The molecule has 3 rings (SSSR count). The number of ether oxygens (including phenoxy) is 3. The summed E-state index contributed by atoms with van der Waals surface area (Å²) in [6.45, 7) is 2.09. The summed E-state index contributed by atoms with van der Waals surface area (Å²) in [5.74, 6) is -0.425. The average molecular weight is 544 g/mol. The molecule has 0 aliphatic heterocycles. The molecule has 0 aliphatic rings. The fourth-order valence-corrected chi connectivity index (χ4v) is 3.28. The Bertz CT molecular complexity index is 1310. The molecule has 0 bridgehead atoms. The Morgan fingerprint density at radius 2 is 1.65 bits per heavy atom. The van der Waals surface area contributed by atoms with Crippen LogP contribution in [-0.2, 0) is 4.79 Å². The van der Waals surface area contributed by atoms with E-state index in [0.717, 1.165) is 0 Å². The smallest absolute Gasteiger partial charge is 0.343 e. The largest absolute Gasteiger partial charge is 0.494 e. The zero-order valence-corrected chi connectivity index (χ0v) is 21.4. The minimum atomic E-state index is -0.557. The number of benzene rings is 3. The van der Waals surface area contributed by atoms with Gasteiger partial charge in [0, 0.05) is 5.56 Å². The molecule has 0 saturated carbocycles. The lowest BCUT2D eigenvalue weighted by atomic mass is 10.2. The quantitative estimate of drug-likeness (QED) is 0.168. The molecule has 0 atom stereocenters. The van der Waals surface area contributed by atoms with Gasteiger partial charge in [-0.25, -0.2) is 10.2 Å². The highest BCUT2D eigenvalue weighted by Crippen LogP contribution is 2.28. The minimum absolute atomic E-state index is 0.215. The zero-order chi connectivity index (χ0) is 26.8. The predicted octanol–water partition coefficient (Wildman–Crippen LogP) is 4.50. The van der Waals surface area contributed by atoms with Gasteiger partial charge < -0.3 is 19.5 Å². The van der Waals surface area contributed by atoms with Crippen LogP contribution in [0.1, 0.15) is 33.2 Å². The predicted molar refractivity (Wildman–Crippen MR) is 140 cm³/mol. The molecular weight excluding hydrogens is 521 g/mol. The minimum Gasteiger partial charge on any atom is -0.494 e. The van der Waals surface area contributed by atoms with Crippen LogP contribution in [0.3, 0.4) is 0 Å². The Morgan fingerprint density at radius 3 is 2.32 bits per heavy atom. The molecule has 3 aromatic rings. The van der Waals surface area contributed by atoms with Crippen molar-refractivity contribution in [2.45, 2.75) is 6.92 Å². The molecular formula is C26H23Cl2N3O6. The van der Waals surface area contributed by atoms with Crippen LogP contribution >= 0.6 is 23.2 Å². The van der Waals surface area contributed by atoms with E-state index in [-0.39, 0.29) is 22.9 Å². The number of carbonyl (C=O) groups excluding carboxylic acids is 3. The maximum atomic E-state index is 12.5. The molecule has 2 amide bonds. The number of carbonyl (C=O) groups is 3. The highest BCUT2D eigenvalue weighted by atomic mass is 35.5. The molecule has 0 aromatic heterocycles. The Kier molecular flexibility index (Phi) is 9.88. The van der Waals surface area contributed by atoms with Crippen LogP contribution in [0, 0.1) is 0 Å². The third-order valence-corrected chi connectivity index (χ3v) is 5.52. The number of nitrogens with one attached hydrogen (secondary N) is 2. The molecule has 37 heavy (non-hydrogen) atoms. The molecule has 0 saturated heterocycles. The summed E-state index contributed by atoms with van der Waals surface area (Å²) < 4.78 is 16.1. The van der Waals surface area contributed by atoms with Gasteiger partial charge in [-0.05, 0) is 73.2 Å². The Hall–Kier alpha value is -4.08. The van der Waals surface area contributed by atoms with Gasteiger partial charge in [-0.15, -0.1) is 0 Å². The van der Waals surface area contributed by atoms with Crippen molar-refractivity contribution in [3.63, 3.8) is 0 Å². The van der Waals surface area contributed by atoms with Gasteiger partial charge in [0.05, 0.1) is 42.1 Å². The summed E-state index contributed by atoms with van der Waals surface area (Å²) in [7, 11) is 1.43. The first kappa shape index (κ1) is 27.5. The molecule has 0 fully saturated rings. The molecule has 0 unspecified atom stereocenters. The van der Waals surface area contributed by atoms with Gasteiger partial charge in [0.15, 0.2) is 11.5 Å². The topological polar surface area (TPSA) is 115 Å². The summed E-state index contributed by atoms with van der Waals surface area (Å²) in [6.07, 6.45) is 1.37. The molecule has 0 heterocycles. The lowest BCUT2D eigenvalue weighted by Gasteiger charge is -2.10. The Morgan fingerprint density at radius 1 is 0.919 bits per heavy atom. The lowest BCUT2D eigenvalue weighted by Crippen LogP contribution is -2.34. The first-order valence-electron chi connectivity index (χ1n) is 11.0. The van der Waals surface area contributed by atoms with E-state index >= 15 is 0 Å².